The van der Waals surface area contributed by atoms with Gasteiger partial charge in [0.1, 0.15) is 5.76 Å². The van der Waals surface area contributed by atoms with Gasteiger partial charge in [0.05, 0.1) is 6.04 Å². The summed E-state index contributed by atoms with van der Waals surface area (Å²) in [5.74, 6) is 2.89. The van der Waals surface area contributed by atoms with Gasteiger partial charge in [0.25, 0.3) is 5.91 Å². The van der Waals surface area contributed by atoms with Gasteiger partial charge in [-0.1, -0.05) is 12.1 Å². The first-order valence-electron chi connectivity index (χ1n) is 9.78. The van der Waals surface area contributed by atoms with Crippen molar-refractivity contribution in [1.82, 2.24) is 25.3 Å². The first-order valence-corrected chi connectivity index (χ1v) is 9.78. The third kappa shape index (κ3) is 4.24. The van der Waals surface area contributed by atoms with Crippen LogP contribution >= 0.6 is 12.4 Å². The smallest absolute Gasteiger partial charge is 0.289 e. The fourth-order valence-electron chi connectivity index (χ4n) is 3.81. The molecule has 2 aliphatic heterocycles. The third-order valence-corrected chi connectivity index (χ3v) is 5.62. The number of aromatic nitrogens is 2. The maximum absolute atomic E-state index is 12.6. The highest BCUT2D eigenvalue weighted by molar-refractivity contribution is 5.91. The van der Waals surface area contributed by atoms with Crippen molar-refractivity contribution in [2.24, 2.45) is 0 Å². The summed E-state index contributed by atoms with van der Waals surface area (Å²) in [6.45, 7) is 6.16. The molecule has 8 nitrogen and oxygen atoms in total. The molecule has 28 heavy (non-hydrogen) atoms. The van der Waals surface area contributed by atoms with E-state index in [1.54, 1.807) is 6.07 Å². The first kappa shape index (κ1) is 20.8. The Labute approximate surface area is 171 Å². The van der Waals surface area contributed by atoms with Crippen LogP contribution in [0.15, 0.2) is 21.1 Å². The van der Waals surface area contributed by atoms with E-state index in [2.05, 4.69) is 27.4 Å². The average Bonchev–Trinajstić information content (AvgIpc) is 3.38. The fourth-order valence-corrected chi connectivity index (χ4v) is 3.81. The van der Waals surface area contributed by atoms with E-state index in [9.17, 15) is 4.79 Å². The van der Waals surface area contributed by atoms with Crippen molar-refractivity contribution in [3.63, 3.8) is 0 Å². The van der Waals surface area contributed by atoms with Crippen LogP contribution in [-0.4, -0.2) is 65.6 Å². The molecule has 2 aliphatic rings. The van der Waals surface area contributed by atoms with Gasteiger partial charge in [0, 0.05) is 45.1 Å². The Bertz CT molecular complexity index is 784. The summed E-state index contributed by atoms with van der Waals surface area (Å²) >= 11 is 0. The van der Waals surface area contributed by atoms with Crippen molar-refractivity contribution in [2.45, 2.75) is 38.1 Å². The summed E-state index contributed by atoms with van der Waals surface area (Å²) in [5, 5.41) is 7.59. The lowest BCUT2D eigenvalue weighted by Crippen LogP contribution is -2.44. The predicted octanol–water partition coefficient (Wildman–Crippen LogP) is 2.24. The second kappa shape index (κ2) is 9.07. The maximum atomic E-state index is 12.6. The molecule has 0 radical (unpaired) electrons. The van der Waals surface area contributed by atoms with Crippen molar-refractivity contribution in [3.8, 4) is 0 Å². The van der Waals surface area contributed by atoms with Gasteiger partial charge in [-0.15, -0.1) is 12.4 Å². The molecule has 0 aromatic carbocycles. The quantitative estimate of drug-likeness (QED) is 0.828. The lowest BCUT2D eigenvalue weighted by atomic mass is 9.96. The molecule has 4 rings (SSSR count). The number of hydrogen-bond acceptors (Lipinski definition) is 7. The van der Waals surface area contributed by atoms with E-state index in [0.29, 0.717) is 24.7 Å². The van der Waals surface area contributed by atoms with Gasteiger partial charge in [-0.25, -0.2) is 0 Å². The number of aryl methyl sites for hydroxylation is 1. The molecular weight excluding hydrogens is 382 g/mol. The molecule has 2 saturated heterocycles. The summed E-state index contributed by atoms with van der Waals surface area (Å²) in [4.78, 5) is 21.4. The van der Waals surface area contributed by atoms with Crippen LogP contribution in [0, 0.1) is 0 Å². The number of nitrogens with zero attached hydrogens (tertiary/aromatic N) is 4. The number of carbonyl (C=O) groups excluding carboxylic acids is 1. The molecule has 0 spiro atoms. The molecule has 4 heterocycles. The van der Waals surface area contributed by atoms with Crippen molar-refractivity contribution in [1.29, 1.82) is 0 Å². The van der Waals surface area contributed by atoms with E-state index in [-0.39, 0.29) is 30.3 Å². The lowest BCUT2D eigenvalue weighted by molar-refractivity contribution is 0.0670. The molecule has 0 aliphatic carbocycles. The number of piperidine rings is 1. The normalized spacial score (nSPS) is 21.5. The largest absolute Gasteiger partial charge is 0.456 e. The zero-order valence-electron chi connectivity index (χ0n) is 16.4. The summed E-state index contributed by atoms with van der Waals surface area (Å²) in [6.07, 6.45) is 2.45. The van der Waals surface area contributed by atoms with Gasteiger partial charge in [-0.05, 0) is 32.0 Å². The Balaban J connectivity index is 0.00000225. The molecule has 2 aromatic rings. The Morgan fingerprint density at radius 2 is 2.07 bits per heavy atom. The first-order chi connectivity index (χ1) is 13.2. The lowest BCUT2D eigenvalue weighted by Gasteiger charge is -2.31. The van der Waals surface area contributed by atoms with Crippen LogP contribution in [-0.2, 0) is 6.42 Å². The van der Waals surface area contributed by atoms with Gasteiger partial charge in [-0.2, -0.15) is 4.98 Å². The zero-order chi connectivity index (χ0) is 18.8. The zero-order valence-corrected chi connectivity index (χ0v) is 17.2. The number of hydrogen-bond donors (Lipinski definition) is 1. The standard InChI is InChI=1S/C19H27N5O3.ClH/c1-3-14-4-5-16(26-14)19(25)24-9-6-13(7-10-24)18-21-17(22-27-18)15-12-20-8-11-23(15)2;/h4-5,13,15,20H,3,6-12H2,1-2H3;1H. The van der Waals surface area contributed by atoms with E-state index in [0.717, 1.165) is 50.5 Å². The molecule has 0 bridgehead atoms. The molecule has 1 atom stereocenters. The molecule has 1 N–H and O–H groups in total. The Morgan fingerprint density at radius 1 is 1.29 bits per heavy atom. The Kier molecular flexibility index (Phi) is 6.74. The van der Waals surface area contributed by atoms with Crippen molar-refractivity contribution in [3.05, 3.63) is 35.4 Å². The summed E-state index contributed by atoms with van der Waals surface area (Å²) < 4.78 is 11.2. The number of nitrogens with one attached hydrogen (secondary N) is 1. The van der Waals surface area contributed by atoms with E-state index in [1.165, 1.54) is 0 Å². The topological polar surface area (TPSA) is 87.6 Å². The molecule has 1 amide bonds. The summed E-state index contributed by atoms with van der Waals surface area (Å²) in [7, 11) is 2.09. The Hall–Kier alpha value is -1.90. The minimum atomic E-state index is -0.0331. The van der Waals surface area contributed by atoms with Crippen molar-refractivity contribution >= 4 is 18.3 Å². The van der Waals surface area contributed by atoms with Crippen molar-refractivity contribution < 1.29 is 13.7 Å². The third-order valence-electron chi connectivity index (χ3n) is 5.62. The van der Waals surface area contributed by atoms with Crippen LogP contribution in [0.3, 0.4) is 0 Å². The number of carbonyl (C=O) groups is 1. The average molecular weight is 410 g/mol. The van der Waals surface area contributed by atoms with Gasteiger partial charge < -0.3 is 19.2 Å². The van der Waals surface area contributed by atoms with Crippen LogP contribution in [0.4, 0.5) is 0 Å². The van der Waals surface area contributed by atoms with Crippen LogP contribution in [0.1, 0.15) is 59.8 Å². The Morgan fingerprint density at radius 3 is 2.75 bits per heavy atom. The number of furan rings is 1. The number of halogens is 1. The number of likely N-dealkylation sites (N-methyl/N-ethyl adjacent to an activating group) is 1. The highest BCUT2D eigenvalue weighted by atomic mass is 35.5. The maximum Gasteiger partial charge on any atom is 0.289 e. The monoisotopic (exact) mass is 409 g/mol. The number of piperazine rings is 1. The molecule has 1 unspecified atom stereocenters. The van der Waals surface area contributed by atoms with Crippen LogP contribution < -0.4 is 5.32 Å². The number of amides is 1. The van der Waals surface area contributed by atoms with E-state index >= 15 is 0 Å². The highest BCUT2D eigenvalue weighted by Gasteiger charge is 2.31. The molecular formula is C19H28ClN5O3. The van der Waals surface area contributed by atoms with Crippen LogP contribution in [0.2, 0.25) is 0 Å². The van der Waals surface area contributed by atoms with E-state index in [4.69, 9.17) is 8.94 Å². The SMILES string of the molecule is CCc1ccc(C(=O)N2CCC(c3nc(C4CNCCN4C)no3)CC2)o1.Cl. The minimum absolute atomic E-state index is 0. The molecule has 2 fully saturated rings. The molecule has 0 saturated carbocycles. The van der Waals surface area contributed by atoms with Gasteiger partial charge in [-0.3, -0.25) is 9.69 Å². The molecule has 9 heteroatoms. The highest BCUT2D eigenvalue weighted by Crippen LogP contribution is 2.29. The van der Waals surface area contributed by atoms with Gasteiger partial charge in [0.2, 0.25) is 5.89 Å². The second-order valence-corrected chi connectivity index (χ2v) is 7.38. The van der Waals surface area contributed by atoms with E-state index < -0.39 is 0 Å². The molecule has 154 valence electrons. The second-order valence-electron chi connectivity index (χ2n) is 7.38. The summed E-state index contributed by atoms with van der Waals surface area (Å²) in [5.41, 5.74) is 0. The summed E-state index contributed by atoms with van der Waals surface area (Å²) in [6, 6.07) is 3.80. The predicted molar refractivity (Wildman–Crippen MR) is 106 cm³/mol. The minimum Gasteiger partial charge on any atom is -0.456 e. The van der Waals surface area contributed by atoms with Gasteiger partial charge >= 0.3 is 0 Å². The fraction of sp³-hybridized carbons (Fsp3) is 0.632. The van der Waals surface area contributed by atoms with Crippen LogP contribution in [0.5, 0.6) is 0 Å². The number of likely N-dealkylation sites (tertiary alicyclic amines) is 1. The van der Waals surface area contributed by atoms with E-state index in [1.807, 2.05) is 17.9 Å². The molecule has 2 aromatic heterocycles. The van der Waals surface area contributed by atoms with Crippen molar-refractivity contribution in [2.75, 3.05) is 39.8 Å². The van der Waals surface area contributed by atoms with Crippen LogP contribution in [0.25, 0.3) is 0 Å². The number of rotatable bonds is 4. The van der Waals surface area contributed by atoms with Gasteiger partial charge in [0.15, 0.2) is 11.6 Å².